The molecule has 0 spiro atoms. The van der Waals surface area contributed by atoms with Gasteiger partial charge in [0.15, 0.2) is 0 Å². The summed E-state index contributed by atoms with van der Waals surface area (Å²) in [6.07, 6.45) is 0.861. The van der Waals surface area contributed by atoms with E-state index in [0.29, 0.717) is 13.1 Å². The van der Waals surface area contributed by atoms with Crippen LogP contribution in [0.4, 0.5) is 4.79 Å². The quantitative estimate of drug-likeness (QED) is 0.682. The van der Waals surface area contributed by atoms with Crippen molar-refractivity contribution in [2.24, 2.45) is 0 Å². The second kappa shape index (κ2) is 11.5. The highest BCUT2D eigenvalue weighted by Crippen LogP contribution is 1.90. The normalized spacial score (nSPS) is 14.9. The number of piperazine rings is 1. The summed E-state index contributed by atoms with van der Waals surface area (Å²) in [7, 11) is 0. The monoisotopic (exact) mass is 300 g/mol. The number of amides is 3. The molecule has 3 N–H and O–H groups in total. The van der Waals surface area contributed by atoms with Gasteiger partial charge < -0.3 is 10.6 Å². The minimum absolute atomic E-state index is 0. The predicted molar refractivity (Wildman–Crippen MR) is 75.6 cm³/mol. The fraction of sp³-hybridized carbons (Fsp3) is 0.800. The Kier molecular flexibility index (Phi) is 12.7. The lowest BCUT2D eigenvalue weighted by atomic mass is 10.3. The van der Waals surface area contributed by atoms with Crippen molar-refractivity contribution in [3.05, 3.63) is 0 Å². The van der Waals surface area contributed by atoms with Crippen LogP contribution in [0.5, 0.6) is 0 Å². The predicted octanol–water partition coefficient (Wildman–Crippen LogP) is -0.0290. The van der Waals surface area contributed by atoms with Gasteiger partial charge in [0.05, 0.1) is 6.54 Å². The van der Waals surface area contributed by atoms with Crippen LogP contribution in [0.2, 0.25) is 0 Å². The van der Waals surface area contributed by atoms with Crippen LogP contribution in [0, 0.1) is 0 Å². The van der Waals surface area contributed by atoms with Crippen molar-refractivity contribution in [1.82, 2.24) is 20.9 Å². The lowest BCUT2D eigenvalue weighted by molar-refractivity contribution is -0.121. The summed E-state index contributed by atoms with van der Waals surface area (Å²) in [6.45, 7) is 6.34. The fourth-order valence-electron chi connectivity index (χ4n) is 1.52. The van der Waals surface area contributed by atoms with Crippen molar-refractivity contribution in [3.63, 3.8) is 0 Å². The Hall–Kier alpha value is -0.560. The molecule has 0 unspecified atom stereocenters. The summed E-state index contributed by atoms with van der Waals surface area (Å²) in [5, 5.41) is 8.11. The number of imide groups is 1. The highest BCUT2D eigenvalue weighted by atomic mass is 35.5. The summed E-state index contributed by atoms with van der Waals surface area (Å²) in [4.78, 5) is 24.7. The summed E-state index contributed by atoms with van der Waals surface area (Å²) >= 11 is 0. The lowest BCUT2D eigenvalue weighted by Crippen LogP contribution is -2.49. The number of urea groups is 1. The first-order valence-corrected chi connectivity index (χ1v) is 5.73. The maximum atomic E-state index is 11.5. The van der Waals surface area contributed by atoms with Crippen LogP contribution in [-0.2, 0) is 4.79 Å². The van der Waals surface area contributed by atoms with Gasteiger partial charge in [-0.3, -0.25) is 15.0 Å². The van der Waals surface area contributed by atoms with E-state index in [2.05, 4.69) is 16.0 Å². The summed E-state index contributed by atoms with van der Waals surface area (Å²) < 4.78 is 0. The number of nitrogens with zero attached hydrogens (tertiary/aromatic N) is 1. The molecular formula is C10H22Cl2N4O2. The second-order valence-corrected chi connectivity index (χ2v) is 3.83. The van der Waals surface area contributed by atoms with Crippen LogP contribution in [0.3, 0.4) is 0 Å². The number of hydrogen-bond donors (Lipinski definition) is 3. The number of carbonyl (C=O) groups excluding carboxylic acids is 2. The van der Waals surface area contributed by atoms with E-state index in [-0.39, 0.29) is 30.7 Å². The van der Waals surface area contributed by atoms with Crippen molar-refractivity contribution in [1.29, 1.82) is 0 Å². The maximum Gasteiger partial charge on any atom is 0.321 e. The van der Waals surface area contributed by atoms with E-state index in [4.69, 9.17) is 0 Å². The molecule has 0 aromatic heterocycles. The lowest BCUT2D eigenvalue weighted by Gasteiger charge is -2.26. The number of carbonyl (C=O) groups is 2. The Bertz CT molecular complexity index is 248. The van der Waals surface area contributed by atoms with Crippen molar-refractivity contribution >= 4 is 36.8 Å². The molecule has 0 aliphatic carbocycles. The van der Waals surface area contributed by atoms with E-state index in [1.807, 2.05) is 11.8 Å². The Morgan fingerprint density at radius 1 is 1.22 bits per heavy atom. The van der Waals surface area contributed by atoms with Crippen LogP contribution in [0.25, 0.3) is 0 Å². The van der Waals surface area contributed by atoms with Gasteiger partial charge in [-0.15, -0.1) is 24.8 Å². The van der Waals surface area contributed by atoms with Gasteiger partial charge in [0, 0.05) is 32.7 Å². The van der Waals surface area contributed by atoms with E-state index >= 15 is 0 Å². The van der Waals surface area contributed by atoms with Gasteiger partial charge in [0.25, 0.3) is 0 Å². The molecular weight excluding hydrogens is 279 g/mol. The largest absolute Gasteiger partial charge is 0.338 e. The minimum Gasteiger partial charge on any atom is -0.338 e. The molecule has 1 heterocycles. The van der Waals surface area contributed by atoms with Gasteiger partial charge >= 0.3 is 6.03 Å². The van der Waals surface area contributed by atoms with E-state index < -0.39 is 6.03 Å². The van der Waals surface area contributed by atoms with E-state index in [9.17, 15) is 9.59 Å². The molecule has 0 aromatic carbocycles. The SMILES string of the molecule is CCCNC(=O)NC(=O)CN1CCNCC1.Cl.Cl. The molecule has 3 amide bonds. The van der Waals surface area contributed by atoms with E-state index in [0.717, 1.165) is 32.6 Å². The summed E-state index contributed by atoms with van der Waals surface area (Å²) in [5.41, 5.74) is 0. The summed E-state index contributed by atoms with van der Waals surface area (Å²) in [6, 6.07) is -0.401. The number of hydrogen-bond acceptors (Lipinski definition) is 4. The molecule has 0 atom stereocenters. The van der Waals surface area contributed by atoms with Crippen LogP contribution < -0.4 is 16.0 Å². The maximum absolute atomic E-state index is 11.5. The number of halogens is 2. The molecule has 0 aromatic rings. The first kappa shape index (κ1) is 19.8. The van der Waals surface area contributed by atoms with Gasteiger partial charge in [0.2, 0.25) is 5.91 Å². The minimum atomic E-state index is -0.401. The fourth-order valence-corrected chi connectivity index (χ4v) is 1.52. The third-order valence-corrected chi connectivity index (χ3v) is 2.37. The van der Waals surface area contributed by atoms with Crippen LogP contribution in [0.15, 0.2) is 0 Å². The highest BCUT2D eigenvalue weighted by Gasteiger charge is 2.14. The first-order chi connectivity index (χ1) is 7.72. The topological polar surface area (TPSA) is 73.5 Å². The molecule has 0 radical (unpaired) electrons. The molecule has 0 bridgehead atoms. The molecule has 1 saturated heterocycles. The van der Waals surface area contributed by atoms with Gasteiger partial charge in [-0.2, -0.15) is 0 Å². The Labute approximate surface area is 120 Å². The smallest absolute Gasteiger partial charge is 0.321 e. The number of rotatable bonds is 4. The van der Waals surface area contributed by atoms with E-state index in [1.165, 1.54) is 0 Å². The third-order valence-electron chi connectivity index (χ3n) is 2.37. The van der Waals surface area contributed by atoms with Crippen molar-refractivity contribution in [3.8, 4) is 0 Å². The van der Waals surface area contributed by atoms with Crippen molar-refractivity contribution < 1.29 is 9.59 Å². The Morgan fingerprint density at radius 2 is 1.83 bits per heavy atom. The first-order valence-electron chi connectivity index (χ1n) is 5.73. The van der Waals surface area contributed by atoms with Crippen molar-refractivity contribution in [2.75, 3.05) is 39.3 Å². The molecule has 6 nitrogen and oxygen atoms in total. The van der Waals surface area contributed by atoms with E-state index in [1.54, 1.807) is 0 Å². The Balaban J connectivity index is 0. The van der Waals surface area contributed by atoms with Gasteiger partial charge in [-0.05, 0) is 6.42 Å². The Morgan fingerprint density at radius 3 is 2.39 bits per heavy atom. The standard InChI is InChI=1S/C10H20N4O2.2ClH/c1-2-3-12-10(16)13-9(15)8-14-6-4-11-5-7-14;;/h11H,2-8H2,1H3,(H2,12,13,15,16);2*1H. The molecule has 1 fully saturated rings. The van der Waals surface area contributed by atoms with Crippen LogP contribution >= 0.6 is 24.8 Å². The van der Waals surface area contributed by atoms with Crippen LogP contribution in [-0.4, -0.2) is 56.1 Å². The third kappa shape index (κ3) is 8.52. The van der Waals surface area contributed by atoms with Gasteiger partial charge in [0.1, 0.15) is 0 Å². The zero-order valence-corrected chi connectivity index (χ0v) is 12.2. The molecule has 1 rings (SSSR count). The van der Waals surface area contributed by atoms with Gasteiger partial charge in [-0.25, -0.2) is 4.79 Å². The molecule has 1 aliphatic rings. The molecule has 0 saturated carbocycles. The van der Waals surface area contributed by atoms with Gasteiger partial charge in [-0.1, -0.05) is 6.92 Å². The highest BCUT2D eigenvalue weighted by molar-refractivity contribution is 5.95. The second-order valence-electron chi connectivity index (χ2n) is 3.83. The zero-order chi connectivity index (χ0) is 11.8. The molecule has 108 valence electrons. The summed E-state index contributed by atoms with van der Waals surface area (Å²) in [5.74, 6) is -0.240. The molecule has 1 aliphatic heterocycles. The molecule has 8 heteroatoms. The van der Waals surface area contributed by atoms with Crippen LogP contribution in [0.1, 0.15) is 13.3 Å². The zero-order valence-electron chi connectivity index (χ0n) is 10.5. The number of nitrogens with one attached hydrogen (secondary N) is 3. The molecule has 18 heavy (non-hydrogen) atoms. The average molecular weight is 301 g/mol. The van der Waals surface area contributed by atoms with Crippen molar-refractivity contribution in [2.45, 2.75) is 13.3 Å². The average Bonchev–Trinajstić information content (AvgIpc) is 2.27.